The lowest BCUT2D eigenvalue weighted by Crippen LogP contribution is -2.28. The molecular weight excluding hydrogens is 428 g/mol. The first kappa shape index (κ1) is 20.5. The summed E-state index contributed by atoms with van der Waals surface area (Å²) in [5.74, 6) is 0.467. The van der Waals surface area contributed by atoms with Gasteiger partial charge in [0.1, 0.15) is 11.4 Å². The van der Waals surface area contributed by atoms with Crippen LogP contribution in [0.1, 0.15) is 23.4 Å². The lowest BCUT2D eigenvalue weighted by Gasteiger charge is -2.17. The average molecular weight is 451 g/mol. The molecule has 4 aromatic rings. The summed E-state index contributed by atoms with van der Waals surface area (Å²) in [4.78, 5) is 36.4. The zero-order valence-corrected chi connectivity index (χ0v) is 18.4. The Morgan fingerprint density at radius 3 is 2.81 bits per heavy atom. The van der Waals surface area contributed by atoms with E-state index in [4.69, 9.17) is 9.40 Å². The Morgan fingerprint density at radius 1 is 1.19 bits per heavy atom. The van der Waals surface area contributed by atoms with Crippen LogP contribution in [0.3, 0.4) is 0 Å². The van der Waals surface area contributed by atoms with E-state index in [-0.39, 0.29) is 11.2 Å². The van der Waals surface area contributed by atoms with Gasteiger partial charge in [-0.15, -0.1) is 0 Å². The number of fused-ring (bicyclic) bond motifs is 2. The SMILES string of the molecule is CSc1nc(N2CCCC2)c2cnn(CCNC(=O)c3cc(=O)c4ccccc4o3)c2n1. The molecule has 0 unspecified atom stereocenters. The van der Waals surface area contributed by atoms with Crippen LogP contribution in [0.4, 0.5) is 5.82 Å². The Labute approximate surface area is 187 Å². The molecule has 32 heavy (non-hydrogen) atoms. The highest BCUT2D eigenvalue weighted by atomic mass is 32.2. The molecule has 1 aliphatic heterocycles. The van der Waals surface area contributed by atoms with Crippen LogP contribution in [0.2, 0.25) is 0 Å². The van der Waals surface area contributed by atoms with Crippen molar-refractivity contribution in [2.75, 3.05) is 30.8 Å². The molecule has 0 bridgehead atoms. The maximum atomic E-state index is 12.6. The molecule has 1 aromatic carbocycles. The number of hydrogen-bond donors (Lipinski definition) is 1. The number of rotatable bonds is 6. The number of benzene rings is 1. The minimum absolute atomic E-state index is 0.0117. The number of hydrogen-bond acceptors (Lipinski definition) is 8. The Balaban J connectivity index is 1.34. The first-order chi connectivity index (χ1) is 15.6. The minimum atomic E-state index is -0.443. The van der Waals surface area contributed by atoms with Crippen LogP contribution in [0.25, 0.3) is 22.0 Å². The molecule has 1 aliphatic rings. The van der Waals surface area contributed by atoms with Crippen molar-refractivity contribution < 1.29 is 9.21 Å². The molecule has 164 valence electrons. The van der Waals surface area contributed by atoms with Crippen LogP contribution >= 0.6 is 11.8 Å². The topological polar surface area (TPSA) is 106 Å². The van der Waals surface area contributed by atoms with Gasteiger partial charge in [-0.25, -0.2) is 14.6 Å². The standard InChI is InChI=1S/C22H22N6O3S/c1-32-22-25-19(27-9-4-5-10-27)15-13-24-28(20(15)26-22)11-8-23-21(30)18-12-16(29)14-6-2-3-7-17(14)31-18/h2-3,6-7,12-13H,4-5,8-11H2,1H3,(H,23,30). The third-order valence-corrected chi connectivity index (χ3v) is 6.06. The number of amides is 1. The van der Waals surface area contributed by atoms with Gasteiger partial charge in [0.05, 0.1) is 23.5 Å². The monoisotopic (exact) mass is 450 g/mol. The molecule has 9 nitrogen and oxygen atoms in total. The van der Waals surface area contributed by atoms with Crippen molar-refractivity contribution in [2.45, 2.75) is 24.5 Å². The Morgan fingerprint density at radius 2 is 2.00 bits per heavy atom. The van der Waals surface area contributed by atoms with Crippen LogP contribution in [0, 0.1) is 0 Å². The summed E-state index contributed by atoms with van der Waals surface area (Å²) in [5.41, 5.74) is 0.891. The zero-order valence-electron chi connectivity index (χ0n) is 17.6. The van der Waals surface area contributed by atoms with Crippen LogP contribution in [0.15, 0.2) is 50.9 Å². The number of thioether (sulfide) groups is 1. The van der Waals surface area contributed by atoms with Crippen molar-refractivity contribution in [3.63, 3.8) is 0 Å². The molecule has 1 amide bonds. The summed E-state index contributed by atoms with van der Waals surface area (Å²) in [5, 5.41) is 9.34. The average Bonchev–Trinajstić information content (AvgIpc) is 3.49. The second-order valence-corrected chi connectivity index (χ2v) is 8.33. The van der Waals surface area contributed by atoms with E-state index in [9.17, 15) is 9.59 Å². The summed E-state index contributed by atoms with van der Waals surface area (Å²) in [7, 11) is 0. The van der Waals surface area contributed by atoms with E-state index < -0.39 is 5.91 Å². The van der Waals surface area contributed by atoms with Gasteiger partial charge in [0, 0.05) is 25.7 Å². The third-order valence-electron chi connectivity index (χ3n) is 5.51. The molecule has 1 saturated heterocycles. The van der Waals surface area contributed by atoms with Gasteiger partial charge in [0.25, 0.3) is 5.91 Å². The lowest BCUT2D eigenvalue weighted by atomic mass is 10.2. The predicted octanol–water partition coefficient (Wildman–Crippen LogP) is 2.68. The van der Waals surface area contributed by atoms with E-state index in [1.807, 2.05) is 6.26 Å². The molecule has 0 radical (unpaired) electrons. The van der Waals surface area contributed by atoms with Crippen LogP contribution in [-0.2, 0) is 6.54 Å². The second-order valence-electron chi connectivity index (χ2n) is 7.56. The number of carbonyl (C=O) groups excluding carboxylic acids is 1. The number of aromatic nitrogens is 4. The van der Waals surface area contributed by atoms with Gasteiger partial charge in [0.15, 0.2) is 22.0 Å². The van der Waals surface area contributed by atoms with Gasteiger partial charge in [0.2, 0.25) is 0 Å². The Kier molecular flexibility index (Phi) is 5.52. The van der Waals surface area contributed by atoms with Gasteiger partial charge < -0.3 is 14.6 Å². The van der Waals surface area contributed by atoms with Crippen LogP contribution in [-0.4, -0.2) is 51.5 Å². The van der Waals surface area contributed by atoms with E-state index in [1.165, 1.54) is 17.8 Å². The molecule has 5 rings (SSSR count). The fourth-order valence-electron chi connectivity index (χ4n) is 3.92. The summed E-state index contributed by atoms with van der Waals surface area (Å²) in [6.07, 6.45) is 6.06. The number of anilines is 1. The molecule has 0 aliphatic carbocycles. The van der Waals surface area contributed by atoms with E-state index >= 15 is 0 Å². The number of para-hydroxylation sites is 1. The minimum Gasteiger partial charge on any atom is -0.451 e. The van der Waals surface area contributed by atoms with Gasteiger partial charge in [-0.1, -0.05) is 23.9 Å². The van der Waals surface area contributed by atoms with Gasteiger partial charge in [-0.05, 0) is 31.2 Å². The Hall–Kier alpha value is -3.40. The van der Waals surface area contributed by atoms with Crippen molar-refractivity contribution in [1.82, 2.24) is 25.1 Å². The Bertz CT molecular complexity index is 1360. The second kappa shape index (κ2) is 8.62. The molecular formula is C22H22N6O3S. The van der Waals surface area contributed by atoms with E-state index in [0.29, 0.717) is 29.2 Å². The maximum absolute atomic E-state index is 12.6. The van der Waals surface area contributed by atoms with E-state index in [0.717, 1.165) is 42.8 Å². The van der Waals surface area contributed by atoms with Crippen molar-refractivity contribution in [3.05, 3.63) is 52.5 Å². The first-order valence-electron chi connectivity index (χ1n) is 10.5. The molecule has 0 atom stereocenters. The van der Waals surface area contributed by atoms with Gasteiger partial charge in [-0.3, -0.25) is 9.59 Å². The molecule has 4 heterocycles. The summed E-state index contributed by atoms with van der Waals surface area (Å²) in [6, 6.07) is 8.09. The molecule has 1 fully saturated rings. The normalized spacial score (nSPS) is 13.8. The van der Waals surface area contributed by atoms with Gasteiger partial charge in [-0.2, -0.15) is 5.10 Å². The van der Waals surface area contributed by atoms with Crippen LogP contribution in [0.5, 0.6) is 0 Å². The van der Waals surface area contributed by atoms with Crippen molar-refractivity contribution in [3.8, 4) is 0 Å². The van der Waals surface area contributed by atoms with Crippen molar-refractivity contribution >= 4 is 45.5 Å². The molecule has 0 saturated carbocycles. The smallest absolute Gasteiger partial charge is 0.287 e. The summed E-state index contributed by atoms with van der Waals surface area (Å²) in [6.45, 7) is 2.71. The highest BCUT2D eigenvalue weighted by Crippen LogP contribution is 2.28. The highest BCUT2D eigenvalue weighted by Gasteiger charge is 2.20. The fraction of sp³-hybridized carbons (Fsp3) is 0.318. The largest absolute Gasteiger partial charge is 0.451 e. The first-order valence-corrected chi connectivity index (χ1v) is 11.7. The molecule has 10 heteroatoms. The maximum Gasteiger partial charge on any atom is 0.287 e. The van der Waals surface area contributed by atoms with Gasteiger partial charge >= 0.3 is 0 Å². The lowest BCUT2D eigenvalue weighted by molar-refractivity contribution is 0.0925. The third kappa shape index (κ3) is 3.81. The van der Waals surface area contributed by atoms with Crippen molar-refractivity contribution in [1.29, 1.82) is 0 Å². The predicted molar refractivity (Wildman–Crippen MR) is 123 cm³/mol. The number of nitrogens with zero attached hydrogens (tertiary/aromatic N) is 5. The highest BCUT2D eigenvalue weighted by molar-refractivity contribution is 7.98. The van der Waals surface area contributed by atoms with E-state index in [1.54, 1.807) is 35.1 Å². The molecule has 1 N–H and O–H groups in total. The quantitative estimate of drug-likeness (QED) is 0.353. The summed E-state index contributed by atoms with van der Waals surface area (Å²) >= 11 is 1.50. The molecule has 3 aromatic heterocycles. The molecule has 0 spiro atoms. The fourth-order valence-corrected chi connectivity index (χ4v) is 4.28. The van der Waals surface area contributed by atoms with E-state index in [2.05, 4.69) is 20.3 Å². The summed E-state index contributed by atoms with van der Waals surface area (Å²) < 4.78 is 7.37. The van der Waals surface area contributed by atoms with Crippen molar-refractivity contribution in [2.24, 2.45) is 0 Å². The number of nitrogens with one attached hydrogen (secondary N) is 1. The van der Waals surface area contributed by atoms with Crippen LogP contribution < -0.4 is 15.6 Å². The number of carbonyl (C=O) groups is 1. The zero-order chi connectivity index (χ0) is 22.1.